The summed E-state index contributed by atoms with van der Waals surface area (Å²) in [5.41, 5.74) is 0.337. The maximum Gasteiger partial charge on any atom is 0.357 e. The molecule has 4 nitrogen and oxygen atoms in total. The fourth-order valence-electron chi connectivity index (χ4n) is 1.16. The molecule has 1 N–H and O–H groups in total. The lowest BCUT2D eigenvalue weighted by Gasteiger charge is -2.06. The Bertz CT molecular complexity index is 320. The van der Waals surface area contributed by atoms with Crippen LogP contribution in [0.5, 0.6) is 0 Å². The number of rotatable bonds is 5. The smallest absolute Gasteiger partial charge is 0.357 e. The molecule has 0 radical (unpaired) electrons. The largest absolute Gasteiger partial charge is 0.461 e. The molecule has 1 atom stereocenters. The molecule has 0 bridgehead atoms. The van der Waals surface area contributed by atoms with Gasteiger partial charge in [0.05, 0.1) is 18.2 Å². The first-order valence-corrected chi connectivity index (χ1v) is 5.84. The number of aliphatic hydroxyl groups excluding tert-OH is 1. The first kappa shape index (κ1) is 12.1. The monoisotopic (exact) mass is 229 g/mol. The van der Waals surface area contributed by atoms with Crippen molar-refractivity contribution >= 4 is 17.3 Å². The molecule has 0 aliphatic rings. The Hall–Kier alpha value is -0.940. The van der Waals surface area contributed by atoms with Crippen molar-refractivity contribution in [1.82, 2.24) is 4.98 Å². The number of carbonyl (C=O) groups is 1. The molecule has 0 aromatic carbocycles. The molecule has 1 aromatic heterocycles. The van der Waals surface area contributed by atoms with Gasteiger partial charge in [-0.3, -0.25) is 0 Å². The van der Waals surface area contributed by atoms with E-state index >= 15 is 0 Å². The molecule has 5 heteroatoms. The molecule has 15 heavy (non-hydrogen) atoms. The zero-order valence-corrected chi connectivity index (χ0v) is 9.71. The minimum absolute atomic E-state index is 0.0261. The van der Waals surface area contributed by atoms with Crippen molar-refractivity contribution in [3.63, 3.8) is 0 Å². The van der Waals surface area contributed by atoms with Crippen molar-refractivity contribution in [3.8, 4) is 0 Å². The van der Waals surface area contributed by atoms with Crippen LogP contribution in [0.1, 0.15) is 41.7 Å². The lowest BCUT2D eigenvalue weighted by atomic mass is 10.1. The highest BCUT2D eigenvalue weighted by Crippen LogP contribution is 2.22. The lowest BCUT2D eigenvalue weighted by molar-refractivity contribution is 0.0520. The number of hydrogen-bond donors (Lipinski definition) is 1. The van der Waals surface area contributed by atoms with E-state index in [0.717, 1.165) is 11.4 Å². The minimum Gasteiger partial charge on any atom is -0.461 e. The van der Waals surface area contributed by atoms with E-state index in [0.29, 0.717) is 12.3 Å². The van der Waals surface area contributed by atoms with E-state index in [2.05, 4.69) is 4.98 Å². The third kappa shape index (κ3) is 3.00. The average molecular weight is 229 g/mol. The van der Waals surface area contributed by atoms with E-state index in [4.69, 9.17) is 9.84 Å². The molecule has 0 aliphatic heterocycles. The van der Waals surface area contributed by atoms with Gasteiger partial charge >= 0.3 is 5.97 Å². The Labute approximate surface area is 92.9 Å². The highest BCUT2D eigenvalue weighted by molar-refractivity contribution is 7.09. The molecule has 0 saturated carbocycles. The van der Waals surface area contributed by atoms with Crippen LogP contribution in [0.15, 0.2) is 5.38 Å². The summed E-state index contributed by atoms with van der Waals surface area (Å²) in [6, 6.07) is 0. The van der Waals surface area contributed by atoms with Gasteiger partial charge in [0.2, 0.25) is 0 Å². The average Bonchev–Trinajstić information content (AvgIpc) is 2.69. The van der Waals surface area contributed by atoms with Crippen LogP contribution in [0.3, 0.4) is 0 Å². The predicted octanol–water partition coefficient (Wildman–Crippen LogP) is 1.81. The van der Waals surface area contributed by atoms with Crippen molar-refractivity contribution in [2.24, 2.45) is 0 Å². The second-order valence-corrected chi connectivity index (χ2v) is 3.97. The Balaban J connectivity index is 2.75. The van der Waals surface area contributed by atoms with Gasteiger partial charge in [0.1, 0.15) is 0 Å². The summed E-state index contributed by atoms with van der Waals surface area (Å²) in [7, 11) is 0. The van der Waals surface area contributed by atoms with Crippen molar-refractivity contribution in [2.45, 2.75) is 26.2 Å². The predicted molar refractivity (Wildman–Crippen MR) is 58.2 cm³/mol. The molecule has 0 aliphatic carbocycles. The Morgan fingerprint density at radius 2 is 2.40 bits per heavy atom. The molecule has 0 amide bonds. The Morgan fingerprint density at radius 3 is 2.93 bits per heavy atom. The van der Waals surface area contributed by atoms with E-state index < -0.39 is 5.97 Å². The normalized spacial score (nSPS) is 12.5. The zero-order chi connectivity index (χ0) is 11.3. The van der Waals surface area contributed by atoms with Crippen LogP contribution in [0.25, 0.3) is 0 Å². The Morgan fingerprint density at radius 1 is 1.67 bits per heavy atom. The maximum atomic E-state index is 11.3. The third-order valence-electron chi connectivity index (χ3n) is 2.07. The number of ether oxygens (including phenoxy) is 1. The van der Waals surface area contributed by atoms with Crippen LogP contribution in [0, 0.1) is 0 Å². The maximum absolute atomic E-state index is 11.3. The number of carbonyl (C=O) groups excluding carboxylic acids is 1. The van der Waals surface area contributed by atoms with Crippen LogP contribution in [-0.4, -0.2) is 29.3 Å². The Kier molecular flexibility index (Phi) is 4.71. The van der Waals surface area contributed by atoms with Crippen LogP contribution < -0.4 is 0 Å². The molecular formula is C10H15NO3S. The fourth-order valence-corrected chi connectivity index (χ4v) is 2.12. The molecule has 0 fully saturated rings. The number of aliphatic hydroxyl groups is 1. The second kappa shape index (κ2) is 5.82. The molecule has 1 unspecified atom stereocenters. The number of nitrogens with zero attached hydrogens (tertiary/aromatic N) is 1. The van der Waals surface area contributed by atoms with Gasteiger partial charge in [-0.25, -0.2) is 9.78 Å². The standard InChI is InChI=1S/C10H15NO3S/c1-3-7(5-12)9-11-8(6-15-9)10(13)14-4-2/h6-7,12H,3-5H2,1-2H3. The van der Waals surface area contributed by atoms with Crippen molar-refractivity contribution in [2.75, 3.05) is 13.2 Å². The quantitative estimate of drug-likeness (QED) is 0.782. The highest BCUT2D eigenvalue weighted by atomic mass is 32.1. The second-order valence-electron chi connectivity index (χ2n) is 3.08. The zero-order valence-electron chi connectivity index (χ0n) is 8.90. The highest BCUT2D eigenvalue weighted by Gasteiger charge is 2.16. The summed E-state index contributed by atoms with van der Waals surface area (Å²) in [5.74, 6) is -0.369. The van der Waals surface area contributed by atoms with Gasteiger partial charge in [-0.2, -0.15) is 0 Å². The third-order valence-corrected chi connectivity index (χ3v) is 3.08. The summed E-state index contributed by atoms with van der Waals surface area (Å²) in [4.78, 5) is 15.5. The molecule has 0 saturated heterocycles. The molecular weight excluding hydrogens is 214 g/mol. The van der Waals surface area contributed by atoms with Crippen molar-refractivity contribution in [3.05, 3.63) is 16.1 Å². The van der Waals surface area contributed by atoms with Crippen molar-refractivity contribution < 1.29 is 14.6 Å². The number of aromatic nitrogens is 1. The van der Waals surface area contributed by atoms with E-state index in [1.165, 1.54) is 11.3 Å². The molecule has 0 spiro atoms. The van der Waals surface area contributed by atoms with E-state index in [1.807, 2.05) is 6.92 Å². The summed E-state index contributed by atoms with van der Waals surface area (Å²) >= 11 is 1.39. The molecule has 1 rings (SSSR count). The topological polar surface area (TPSA) is 59.4 Å². The summed E-state index contributed by atoms with van der Waals surface area (Å²) < 4.78 is 4.83. The summed E-state index contributed by atoms with van der Waals surface area (Å²) in [5, 5.41) is 11.5. The van der Waals surface area contributed by atoms with Crippen LogP contribution >= 0.6 is 11.3 Å². The first-order chi connectivity index (χ1) is 7.22. The molecule has 84 valence electrons. The first-order valence-electron chi connectivity index (χ1n) is 4.96. The molecule has 1 heterocycles. The van der Waals surface area contributed by atoms with Gasteiger partial charge in [-0.1, -0.05) is 6.92 Å². The number of thiazole rings is 1. The van der Waals surface area contributed by atoms with Crippen LogP contribution in [0.4, 0.5) is 0 Å². The van der Waals surface area contributed by atoms with Gasteiger partial charge in [0.15, 0.2) is 5.69 Å². The number of hydrogen-bond acceptors (Lipinski definition) is 5. The van der Waals surface area contributed by atoms with Crippen molar-refractivity contribution in [1.29, 1.82) is 0 Å². The van der Waals surface area contributed by atoms with Gasteiger partial charge in [0, 0.05) is 11.3 Å². The summed E-state index contributed by atoms with van der Waals surface area (Å²) in [6.45, 7) is 4.15. The SMILES string of the molecule is CCOC(=O)c1csc(C(CC)CO)n1. The number of esters is 1. The minimum atomic E-state index is -0.396. The van der Waals surface area contributed by atoms with Crippen LogP contribution in [0.2, 0.25) is 0 Å². The van der Waals surface area contributed by atoms with Gasteiger partial charge in [-0.15, -0.1) is 11.3 Å². The van der Waals surface area contributed by atoms with Gasteiger partial charge < -0.3 is 9.84 Å². The summed E-state index contributed by atoms with van der Waals surface area (Å²) in [6.07, 6.45) is 0.812. The van der Waals surface area contributed by atoms with E-state index in [1.54, 1.807) is 12.3 Å². The van der Waals surface area contributed by atoms with Crippen LogP contribution in [-0.2, 0) is 4.74 Å². The van der Waals surface area contributed by atoms with Gasteiger partial charge in [-0.05, 0) is 13.3 Å². The molecule has 1 aromatic rings. The lowest BCUT2D eigenvalue weighted by Crippen LogP contribution is -2.07. The fraction of sp³-hybridized carbons (Fsp3) is 0.600. The van der Waals surface area contributed by atoms with E-state index in [9.17, 15) is 4.79 Å². The van der Waals surface area contributed by atoms with E-state index in [-0.39, 0.29) is 12.5 Å². The van der Waals surface area contributed by atoms with Gasteiger partial charge in [0.25, 0.3) is 0 Å².